The first-order valence-electron chi connectivity index (χ1n) is 7.31. The molecular formula is C17H15N3O3S. The minimum Gasteiger partial charge on any atom is -0.444 e. The molecule has 122 valence electrons. The molecule has 0 aliphatic carbocycles. The Bertz CT molecular complexity index is 796. The maximum Gasteiger partial charge on any atom is 0.252 e. The molecule has 7 heteroatoms. The number of rotatable bonds is 6. The molecule has 24 heavy (non-hydrogen) atoms. The molecule has 0 aliphatic heterocycles. The Morgan fingerprint density at radius 3 is 2.67 bits per heavy atom. The number of carbonyl (C=O) groups is 2. The zero-order valence-electron chi connectivity index (χ0n) is 12.7. The Balaban J connectivity index is 1.46. The number of nitrogens with one attached hydrogen (secondary N) is 2. The van der Waals surface area contributed by atoms with E-state index in [9.17, 15) is 9.59 Å². The van der Waals surface area contributed by atoms with Crippen LogP contribution in [0.3, 0.4) is 0 Å². The van der Waals surface area contributed by atoms with Gasteiger partial charge in [0.2, 0.25) is 5.91 Å². The number of anilines is 1. The molecule has 0 atom stereocenters. The highest BCUT2D eigenvalue weighted by atomic mass is 32.1. The zero-order valence-corrected chi connectivity index (χ0v) is 13.5. The second-order valence-electron chi connectivity index (χ2n) is 5.01. The predicted octanol–water partition coefficient (Wildman–Crippen LogP) is 3.16. The number of oxazole rings is 1. The van der Waals surface area contributed by atoms with E-state index in [1.807, 2.05) is 17.5 Å². The average molecular weight is 341 g/mol. The molecule has 0 radical (unpaired) electrons. The normalized spacial score (nSPS) is 10.3. The van der Waals surface area contributed by atoms with E-state index in [4.69, 9.17) is 4.42 Å². The lowest BCUT2D eigenvalue weighted by Crippen LogP contribution is -2.27. The quantitative estimate of drug-likeness (QED) is 0.721. The van der Waals surface area contributed by atoms with Crippen LogP contribution < -0.4 is 10.6 Å². The molecule has 0 unspecified atom stereocenters. The molecule has 0 bridgehead atoms. The number of aromatic nitrogens is 1. The van der Waals surface area contributed by atoms with Crippen LogP contribution in [-0.4, -0.2) is 23.3 Å². The van der Waals surface area contributed by atoms with E-state index in [1.54, 1.807) is 29.8 Å². The number of hydrogen-bond donors (Lipinski definition) is 2. The summed E-state index contributed by atoms with van der Waals surface area (Å²) < 4.78 is 5.21. The lowest BCUT2D eigenvalue weighted by atomic mass is 10.1. The fourth-order valence-corrected chi connectivity index (χ4v) is 2.72. The Morgan fingerprint density at radius 2 is 2.00 bits per heavy atom. The zero-order chi connectivity index (χ0) is 16.8. The Kier molecular flexibility index (Phi) is 5.02. The van der Waals surface area contributed by atoms with Gasteiger partial charge >= 0.3 is 0 Å². The van der Waals surface area contributed by atoms with Gasteiger partial charge in [-0.1, -0.05) is 0 Å². The van der Waals surface area contributed by atoms with Crippen molar-refractivity contribution < 1.29 is 14.0 Å². The summed E-state index contributed by atoms with van der Waals surface area (Å²) in [5, 5.41) is 9.11. The maximum atomic E-state index is 11.9. The minimum absolute atomic E-state index is 0.159. The third-order valence-corrected chi connectivity index (χ3v) is 3.99. The van der Waals surface area contributed by atoms with E-state index in [1.165, 1.54) is 17.7 Å². The third kappa shape index (κ3) is 4.08. The summed E-state index contributed by atoms with van der Waals surface area (Å²) >= 11 is 1.46. The van der Waals surface area contributed by atoms with Crippen LogP contribution in [0.4, 0.5) is 5.69 Å². The summed E-state index contributed by atoms with van der Waals surface area (Å²) in [6.45, 7) is 0.288. The lowest BCUT2D eigenvalue weighted by Gasteiger charge is -2.07. The summed E-state index contributed by atoms with van der Waals surface area (Å²) in [5.74, 6) is 0.345. The van der Waals surface area contributed by atoms with Crippen molar-refractivity contribution in [2.45, 2.75) is 6.42 Å². The van der Waals surface area contributed by atoms with Gasteiger partial charge in [-0.2, -0.15) is 11.3 Å². The Morgan fingerprint density at radius 1 is 1.17 bits per heavy atom. The van der Waals surface area contributed by atoms with E-state index < -0.39 is 0 Å². The fourth-order valence-electron chi connectivity index (χ4n) is 2.08. The monoisotopic (exact) mass is 341 g/mol. The SMILES string of the molecule is O=C(CCNC(=O)c1ccsc1)Nc1ccc(-c2cnco2)cc1. The van der Waals surface area contributed by atoms with Gasteiger partial charge in [0.1, 0.15) is 0 Å². The van der Waals surface area contributed by atoms with Gasteiger partial charge in [-0.3, -0.25) is 9.59 Å². The van der Waals surface area contributed by atoms with Crippen molar-refractivity contribution in [1.82, 2.24) is 10.3 Å². The van der Waals surface area contributed by atoms with E-state index in [2.05, 4.69) is 15.6 Å². The van der Waals surface area contributed by atoms with Crippen LogP contribution in [0.15, 0.2) is 58.1 Å². The van der Waals surface area contributed by atoms with Crippen molar-refractivity contribution >= 4 is 28.8 Å². The molecule has 6 nitrogen and oxygen atoms in total. The summed E-state index contributed by atoms with van der Waals surface area (Å²) in [5.41, 5.74) is 2.18. The summed E-state index contributed by atoms with van der Waals surface area (Å²) in [7, 11) is 0. The standard InChI is InChI=1S/C17H15N3O3S/c21-16(5-7-19-17(22)13-6-8-24-10-13)20-14-3-1-12(2-4-14)15-9-18-11-23-15/h1-4,6,8-11H,5,7H2,(H,19,22)(H,20,21). The smallest absolute Gasteiger partial charge is 0.252 e. The second-order valence-corrected chi connectivity index (χ2v) is 5.79. The van der Waals surface area contributed by atoms with Crippen molar-refractivity contribution in [1.29, 1.82) is 0 Å². The molecule has 0 saturated carbocycles. The first-order valence-corrected chi connectivity index (χ1v) is 8.26. The molecule has 0 saturated heterocycles. The summed E-state index contributed by atoms with van der Waals surface area (Å²) in [6.07, 6.45) is 3.21. The van der Waals surface area contributed by atoms with Crippen LogP contribution >= 0.6 is 11.3 Å². The number of nitrogens with zero attached hydrogens (tertiary/aromatic N) is 1. The molecule has 1 aromatic carbocycles. The molecule has 0 fully saturated rings. The lowest BCUT2D eigenvalue weighted by molar-refractivity contribution is -0.116. The highest BCUT2D eigenvalue weighted by Gasteiger charge is 2.07. The number of thiophene rings is 1. The molecule has 0 spiro atoms. The van der Waals surface area contributed by atoms with Gasteiger partial charge in [-0.25, -0.2) is 4.98 Å². The number of carbonyl (C=O) groups excluding carboxylic acids is 2. The highest BCUT2D eigenvalue weighted by molar-refractivity contribution is 7.08. The fraction of sp³-hybridized carbons (Fsp3) is 0.118. The molecular weight excluding hydrogens is 326 g/mol. The topological polar surface area (TPSA) is 84.2 Å². The van der Waals surface area contributed by atoms with E-state index in [0.29, 0.717) is 17.0 Å². The maximum absolute atomic E-state index is 11.9. The van der Waals surface area contributed by atoms with Gasteiger partial charge < -0.3 is 15.1 Å². The Hall–Kier alpha value is -2.93. The Labute approximate surface area is 142 Å². The third-order valence-electron chi connectivity index (χ3n) is 3.31. The van der Waals surface area contributed by atoms with Crippen LogP contribution in [0.1, 0.15) is 16.8 Å². The van der Waals surface area contributed by atoms with Crippen molar-refractivity contribution in [3.8, 4) is 11.3 Å². The van der Waals surface area contributed by atoms with Gasteiger partial charge in [0.05, 0.1) is 6.20 Å². The van der Waals surface area contributed by atoms with E-state index in [0.717, 1.165) is 5.56 Å². The predicted molar refractivity (Wildman–Crippen MR) is 91.8 cm³/mol. The van der Waals surface area contributed by atoms with Crippen molar-refractivity contribution in [2.24, 2.45) is 0 Å². The van der Waals surface area contributed by atoms with E-state index >= 15 is 0 Å². The van der Waals surface area contributed by atoms with Crippen molar-refractivity contribution in [3.63, 3.8) is 0 Å². The van der Waals surface area contributed by atoms with Gasteiger partial charge in [0, 0.05) is 35.2 Å². The van der Waals surface area contributed by atoms with E-state index in [-0.39, 0.29) is 24.8 Å². The molecule has 2 N–H and O–H groups in total. The summed E-state index contributed by atoms with van der Waals surface area (Å²) in [4.78, 5) is 27.5. The van der Waals surface area contributed by atoms with Crippen LogP contribution in [0.5, 0.6) is 0 Å². The second kappa shape index (κ2) is 7.56. The van der Waals surface area contributed by atoms with Crippen LogP contribution in [-0.2, 0) is 4.79 Å². The minimum atomic E-state index is -0.166. The molecule has 3 rings (SSSR count). The van der Waals surface area contributed by atoms with Crippen LogP contribution in [0.2, 0.25) is 0 Å². The van der Waals surface area contributed by atoms with Gasteiger partial charge in [-0.05, 0) is 35.7 Å². The average Bonchev–Trinajstić information content (AvgIpc) is 3.29. The van der Waals surface area contributed by atoms with Crippen molar-refractivity contribution in [3.05, 3.63) is 59.2 Å². The largest absolute Gasteiger partial charge is 0.444 e. The molecule has 0 aliphatic rings. The number of amides is 2. The molecule has 2 aromatic heterocycles. The van der Waals surface area contributed by atoms with Crippen LogP contribution in [0, 0.1) is 0 Å². The van der Waals surface area contributed by atoms with Crippen LogP contribution in [0.25, 0.3) is 11.3 Å². The highest BCUT2D eigenvalue weighted by Crippen LogP contribution is 2.20. The van der Waals surface area contributed by atoms with Gasteiger partial charge in [-0.15, -0.1) is 0 Å². The number of benzene rings is 1. The van der Waals surface area contributed by atoms with Gasteiger partial charge in [0.25, 0.3) is 5.91 Å². The molecule has 3 aromatic rings. The van der Waals surface area contributed by atoms with Crippen molar-refractivity contribution in [2.75, 3.05) is 11.9 Å². The number of hydrogen-bond acceptors (Lipinski definition) is 5. The first-order chi connectivity index (χ1) is 11.7. The first kappa shape index (κ1) is 15.9. The summed E-state index contributed by atoms with van der Waals surface area (Å²) in [6, 6.07) is 9.01. The molecule has 2 heterocycles. The molecule has 2 amide bonds. The van der Waals surface area contributed by atoms with Gasteiger partial charge in [0.15, 0.2) is 12.2 Å².